The molecule has 1 heterocycles. The van der Waals surface area contributed by atoms with Crippen LogP contribution in [0.4, 0.5) is 4.39 Å². The number of halogens is 1. The molecule has 2 rings (SSSR count). The number of aldehydes is 1. The van der Waals surface area contributed by atoms with Gasteiger partial charge in [0.15, 0.2) is 6.29 Å². The Morgan fingerprint density at radius 1 is 1.29 bits per heavy atom. The van der Waals surface area contributed by atoms with E-state index in [0.29, 0.717) is 28.7 Å². The minimum atomic E-state index is -0.415. The van der Waals surface area contributed by atoms with Crippen molar-refractivity contribution in [1.82, 2.24) is 4.98 Å². The molecule has 0 spiro atoms. The Labute approximate surface area is 97.9 Å². The van der Waals surface area contributed by atoms with Gasteiger partial charge in [0, 0.05) is 29.1 Å². The maximum atomic E-state index is 13.7. The number of hydrogen-bond acceptors (Lipinski definition) is 3. The van der Waals surface area contributed by atoms with Crippen molar-refractivity contribution in [2.45, 2.75) is 0 Å². The maximum absolute atomic E-state index is 13.7. The third-order valence-corrected chi connectivity index (χ3v) is 2.45. The molecule has 0 aliphatic rings. The molecule has 0 radical (unpaired) electrons. The van der Waals surface area contributed by atoms with Crippen LogP contribution >= 0.6 is 0 Å². The van der Waals surface area contributed by atoms with Crippen LogP contribution in [0.1, 0.15) is 10.4 Å². The lowest BCUT2D eigenvalue weighted by atomic mass is 10.0. The number of aromatic nitrogens is 1. The number of pyridine rings is 1. The van der Waals surface area contributed by atoms with Crippen molar-refractivity contribution in [1.29, 1.82) is 0 Å². The van der Waals surface area contributed by atoms with Crippen LogP contribution in [0.2, 0.25) is 0 Å². The van der Waals surface area contributed by atoms with Crippen molar-refractivity contribution in [3.05, 3.63) is 48.0 Å². The number of carbonyl (C=O) groups excluding carboxylic acids is 1. The second kappa shape index (κ2) is 4.74. The van der Waals surface area contributed by atoms with Gasteiger partial charge in [0.2, 0.25) is 0 Å². The van der Waals surface area contributed by atoms with Gasteiger partial charge in [0.1, 0.15) is 11.6 Å². The summed E-state index contributed by atoms with van der Waals surface area (Å²) in [5.41, 5.74) is 1.16. The van der Waals surface area contributed by atoms with Gasteiger partial charge in [0.05, 0.1) is 7.11 Å². The zero-order chi connectivity index (χ0) is 12.3. The average molecular weight is 231 g/mol. The van der Waals surface area contributed by atoms with E-state index in [1.165, 1.54) is 31.6 Å². The van der Waals surface area contributed by atoms with Gasteiger partial charge >= 0.3 is 0 Å². The van der Waals surface area contributed by atoms with Crippen molar-refractivity contribution in [3.8, 4) is 16.9 Å². The predicted octanol–water partition coefficient (Wildman–Crippen LogP) is 2.71. The standard InChI is InChI=1S/C13H10FNO2/c1-17-10-2-3-13(14)11(6-10)12-7-15-5-4-9(12)8-16/h2-8H,1H3. The molecule has 86 valence electrons. The topological polar surface area (TPSA) is 39.2 Å². The molecule has 4 heteroatoms. The molecule has 0 saturated carbocycles. The zero-order valence-electron chi connectivity index (χ0n) is 9.18. The van der Waals surface area contributed by atoms with Gasteiger partial charge in [-0.3, -0.25) is 9.78 Å². The first-order valence-electron chi connectivity index (χ1n) is 4.99. The Balaban J connectivity index is 2.62. The lowest BCUT2D eigenvalue weighted by Crippen LogP contribution is -1.93. The van der Waals surface area contributed by atoms with Gasteiger partial charge in [-0.1, -0.05) is 0 Å². The molecule has 0 aliphatic heterocycles. The second-order valence-electron chi connectivity index (χ2n) is 3.43. The van der Waals surface area contributed by atoms with Gasteiger partial charge in [-0.15, -0.1) is 0 Å². The Hall–Kier alpha value is -2.23. The number of rotatable bonds is 3. The number of ether oxygens (including phenoxy) is 1. The van der Waals surface area contributed by atoms with Gasteiger partial charge in [0.25, 0.3) is 0 Å². The number of hydrogen-bond donors (Lipinski definition) is 0. The van der Waals surface area contributed by atoms with Crippen LogP contribution in [0.3, 0.4) is 0 Å². The summed E-state index contributed by atoms with van der Waals surface area (Å²) in [6.07, 6.45) is 3.63. The zero-order valence-corrected chi connectivity index (χ0v) is 9.18. The van der Waals surface area contributed by atoms with E-state index in [2.05, 4.69) is 4.98 Å². The molecule has 1 aromatic carbocycles. The Bertz CT molecular complexity index is 555. The second-order valence-corrected chi connectivity index (χ2v) is 3.43. The molecule has 0 atom stereocenters. The van der Waals surface area contributed by atoms with Gasteiger partial charge in [-0.05, 0) is 24.3 Å². The fourth-order valence-electron chi connectivity index (χ4n) is 1.57. The molecule has 0 bridgehead atoms. The van der Waals surface area contributed by atoms with Crippen LogP contribution in [-0.4, -0.2) is 18.4 Å². The van der Waals surface area contributed by atoms with Crippen molar-refractivity contribution >= 4 is 6.29 Å². The largest absolute Gasteiger partial charge is 0.497 e. The molecule has 0 unspecified atom stereocenters. The molecule has 0 aliphatic carbocycles. The molecule has 0 fully saturated rings. The highest BCUT2D eigenvalue weighted by molar-refractivity contribution is 5.87. The van der Waals surface area contributed by atoms with Crippen LogP contribution in [0.15, 0.2) is 36.7 Å². The summed E-state index contributed by atoms with van der Waals surface area (Å²) >= 11 is 0. The number of methoxy groups -OCH3 is 1. The van der Waals surface area contributed by atoms with E-state index in [4.69, 9.17) is 4.74 Å². The fourth-order valence-corrected chi connectivity index (χ4v) is 1.57. The van der Waals surface area contributed by atoms with Crippen molar-refractivity contribution in [3.63, 3.8) is 0 Å². The smallest absolute Gasteiger partial charge is 0.150 e. The summed E-state index contributed by atoms with van der Waals surface area (Å²) in [4.78, 5) is 14.8. The highest BCUT2D eigenvalue weighted by Gasteiger charge is 2.10. The van der Waals surface area contributed by atoms with Gasteiger partial charge in [-0.2, -0.15) is 0 Å². The third-order valence-electron chi connectivity index (χ3n) is 2.45. The summed E-state index contributed by atoms with van der Waals surface area (Å²) in [6.45, 7) is 0. The lowest BCUT2D eigenvalue weighted by Gasteiger charge is -2.07. The van der Waals surface area contributed by atoms with E-state index in [9.17, 15) is 9.18 Å². The number of nitrogens with zero attached hydrogens (tertiary/aromatic N) is 1. The monoisotopic (exact) mass is 231 g/mol. The lowest BCUT2D eigenvalue weighted by molar-refractivity contribution is 0.112. The molecule has 1 aromatic heterocycles. The molecular weight excluding hydrogens is 221 g/mol. The first-order chi connectivity index (χ1) is 8.26. The van der Waals surface area contributed by atoms with Crippen molar-refractivity contribution in [2.24, 2.45) is 0 Å². The summed E-state index contributed by atoms with van der Waals surface area (Å²) < 4.78 is 18.7. The summed E-state index contributed by atoms with van der Waals surface area (Å²) in [7, 11) is 1.50. The van der Waals surface area contributed by atoms with E-state index >= 15 is 0 Å². The highest BCUT2D eigenvalue weighted by atomic mass is 19.1. The summed E-state index contributed by atoms with van der Waals surface area (Å²) in [6, 6.07) is 5.91. The first kappa shape index (κ1) is 11.3. The minimum absolute atomic E-state index is 0.305. The van der Waals surface area contributed by atoms with Crippen molar-refractivity contribution in [2.75, 3.05) is 7.11 Å². The normalized spacial score (nSPS) is 10.0. The van der Waals surface area contributed by atoms with Crippen LogP contribution in [0, 0.1) is 5.82 Å². The molecule has 2 aromatic rings. The van der Waals surface area contributed by atoms with E-state index in [1.807, 2.05) is 0 Å². The summed E-state index contributed by atoms with van der Waals surface area (Å²) in [5.74, 6) is 0.115. The Morgan fingerprint density at radius 3 is 2.82 bits per heavy atom. The third kappa shape index (κ3) is 2.15. The van der Waals surface area contributed by atoms with E-state index in [0.717, 1.165) is 0 Å². The molecule has 0 saturated heterocycles. The van der Waals surface area contributed by atoms with Crippen molar-refractivity contribution < 1.29 is 13.9 Å². The van der Waals surface area contributed by atoms with Crippen LogP contribution < -0.4 is 4.74 Å². The predicted molar refractivity (Wildman–Crippen MR) is 61.6 cm³/mol. The maximum Gasteiger partial charge on any atom is 0.150 e. The minimum Gasteiger partial charge on any atom is -0.497 e. The van der Waals surface area contributed by atoms with Gasteiger partial charge in [-0.25, -0.2) is 4.39 Å². The quantitative estimate of drug-likeness (QED) is 0.762. The van der Waals surface area contributed by atoms with E-state index in [-0.39, 0.29) is 0 Å². The average Bonchev–Trinajstić information content (AvgIpc) is 2.39. The molecule has 0 N–H and O–H groups in total. The van der Waals surface area contributed by atoms with Gasteiger partial charge < -0.3 is 4.74 Å². The number of benzene rings is 1. The van der Waals surface area contributed by atoms with E-state index < -0.39 is 5.82 Å². The summed E-state index contributed by atoms with van der Waals surface area (Å²) in [5, 5.41) is 0. The Morgan fingerprint density at radius 2 is 2.12 bits per heavy atom. The number of carbonyl (C=O) groups is 1. The SMILES string of the molecule is COc1ccc(F)c(-c2cnccc2C=O)c1. The van der Waals surface area contributed by atoms with E-state index in [1.54, 1.807) is 12.1 Å². The highest BCUT2D eigenvalue weighted by Crippen LogP contribution is 2.28. The molecule has 3 nitrogen and oxygen atoms in total. The first-order valence-corrected chi connectivity index (χ1v) is 4.99. The van der Waals surface area contributed by atoms with Crippen LogP contribution in [0.25, 0.3) is 11.1 Å². The van der Waals surface area contributed by atoms with Crippen LogP contribution in [-0.2, 0) is 0 Å². The Kier molecular flexibility index (Phi) is 3.14. The molecule has 17 heavy (non-hydrogen) atoms. The molecular formula is C13H10FNO2. The fraction of sp³-hybridized carbons (Fsp3) is 0.0769. The molecule has 0 amide bonds. The van der Waals surface area contributed by atoms with Crippen LogP contribution in [0.5, 0.6) is 5.75 Å².